The van der Waals surface area contributed by atoms with E-state index in [0.29, 0.717) is 41.9 Å². The summed E-state index contributed by atoms with van der Waals surface area (Å²) in [6.07, 6.45) is 1.31. The third-order valence-corrected chi connectivity index (χ3v) is 5.50. The molecule has 1 aromatic carbocycles. The summed E-state index contributed by atoms with van der Waals surface area (Å²) in [5, 5.41) is 13.2. The van der Waals surface area contributed by atoms with E-state index < -0.39 is 17.2 Å². The molecule has 0 aliphatic carbocycles. The topological polar surface area (TPSA) is 87.5 Å². The molecule has 1 aliphatic rings. The minimum Gasteiger partial charge on any atom is -0.477 e. The summed E-state index contributed by atoms with van der Waals surface area (Å²) in [7, 11) is 1.89. The standard InChI is InChI=1S/C20H21FN4O3/c1-4-24-8-13(19(27)28)17(26)12-5-11-6-14(21)16(7-15(11)23-18(12)24)25-9-20(2,10-25)22-3/h5-8,22H,4,9-10H2,1-3H3,(H,27,28). The van der Waals surface area contributed by atoms with Crippen molar-refractivity contribution < 1.29 is 14.3 Å². The van der Waals surface area contributed by atoms with Gasteiger partial charge in [-0.05, 0) is 39.1 Å². The number of rotatable bonds is 4. The Morgan fingerprint density at radius 3 is 2.68 bits per heavy atom. The zero-order valence-corrected chi connectivity index (χ0v) is 15.9. The van der Waals surface area contributed by atoms with Crippen LogP contribution >= 0.6 is 0 Å². The number of carboxylic acid groups (broad SMARTS) is 1. The number of hydrogen-bond acceptors (Lipinski definition) is 5. The Morgan fingerprint density at radius 2 is 2.07 bits per heavy atom. The highest BCUT2D eigenvalue weighted by molar-refractivity contribution is 5.96. The average Bonchev–Trinajstić information content (AvgIpc) is 2.64. The molecule has 2 N–H and O–H groups in total. The normalized spacial score (nSPS) is 15.8. The van der Waals surface area contributed by atoms with E-state index >= 15 is 0 Å². The molecule has 0 unspecified atom stereocenters. The van der Waals surface area contributed by atoms with E-state index in [-0.39, 0.29) is 16.5 Å². The molecule has 3 aromatic rings. The molecule has 2 aromatic heterocycles. The number of hydrogen-bond donors (Lipinski definition) is 2. The Balaban J connectivity index is 1.91. The van der Waals surface area contributed by atoms with Crippen LogP contribution in [0.5, 0.6) is 0 Å². The molecule has 0 spiro atoms. The predicted molar refractivity (Wildman–Crippen MR) is 106 cm³/mol. The predicted octanol–water partition coefficient (Wildman–Crippen LogP) is 2.21. The Hall–Kier alpha value is -3.00. The van der Waals surface area contributed by atoms with Gasteiger partial charge in [0.05, 0.1) is 22.1 Å². The number of aryl methyl sites for hydroxylation is 1. The summed E-state index contributed by atoms with van der Waals surface area (Å²) in [6, 6.07) is 4.57. The number of nitrogens with zero attached hydrogens (tertiary/aromatic N) is 3. The largest absolute Gasteiger partial charge is 0.477 e. The third-order valence-electron chi connectivity index (χ3n) is 5.50. The summed E-state index contributed by atoms with van der Waals surface area (Å²) < 4.78 is 16.4. The maximum Gasteiger partial charge on any atom is 0.341 e. The SMILES string of the molecule is CCn1cc(C(=O)O)c(=O)c2cc3cc(F)c(N4CC(C)(NC)C4)cc3nc21. The van der Waals surface area contributed by atoms with Crippen LogP contribution in [-0.2, 0) is 6.54 Å². The van der Waals surface area contributed by atoms with Crippen molar-refractivity contribution in [3.8, 4) is 0 Å². The number of likely N-dealkylation sites (N-methyl/N-ethyl adjacent to an activating group) is 1. The fourth-order valence-corrected chi connectivity index (χ4v) is 3.74. The van der Waals surface area contributed by atoms with Crippen molar-refractivity contribution in [3.05, 3.63) is 46.0 Å². The minimum atomic E-state index is -1.29. The molecule has 4 rings (SSSR count). The van der Waals surface area contributed by atoms with Crippen LogP contribution in [0.25, 0.3) is 21.9 Å². The number of aromatic carboxylic acids is 1. The van der Waals surface area contributed by atoms with Gasteiger partial charge in [-0.2, -0.15) is 0 Å². The van der Waals surface area contributed by atoms with Gasteiger partial charge in [-0.25, -0.2) is 14.2 Å². The average molecular weight is 384 g/mol. The van der Waals surface area contributed by atoms with E-state index in [0.717, 1.165) is 0 Å². The van der Waals surface area contributed by atoms with Gasteiger partial charge >= 0.3 is 5.97 Å². The molecule has 0 amide bonds. The van der Waals surface area contributed by atoms with Crippen LogP contribution in [0, 0.1) is 5.82 Å². The lowest BCUT2D eigenvalue weighted by molar-refractivity contribution is 0.0695. The molecule has 0 atom stereocenters. The second-order valence-corrected chi connectivity index (χ2v) is 7.49. The zero-order valence-electron chi connectivity index (χ0n) is 15.9. The summed E-state index contributed by atoms with van der Waals surface area (Å²) in [5.74, 6) is -1.68. The molecule has 0 saturated carbocycles. The summed E-state index contributed by atoms with van der Waals surface area (Å²) in [5.41, 5.74) is 0.448. The van der Waals surface area contributed by atoms with Gasteiger partial charge in [0.25, 0.3) is 0 Å². The van der Waals surface area contributed by atoms with Gasteiger partial charge in [-0.1, -0.05) is 0 Å². The van der Waals surface area contributed by atoms with Gasteiger partial charge < -0.3 is 19.9 Å². The Morgan fingerprint density at radius 1 is 1.36 bits per heavy atom. The van der Waals surface area contributed by atoms with E-state index in [1.807, 2.05) is 18.9 Å². The van der Waals surface area contributed by atoms with E-state index in [1.165, 1.54) is 18.3 Å². The zero-order chi connectivity index (χ0) is 20.2. The lowest BCUT2D eigenvalue weighted by Crippen LogP contribution is -2.67. The molecule has 28 heavy (non-hydrogen) atoms. The molecule has 8 heteroatoms. The second kappa shape index (κ2) is 6.27. The Bertz CT molecular complexity index is 1180. The highest BCUT2D eigenvalue weighted by Crippen LogP contribution is 2.32. The van der Waals surface area contributed by atoms with Crippen molar-refractivity contribution in [3.63, 3.8) is 0 Å². The number of halogens is 1. The lowest BCUT2D eigenvalue weighted by atomic mass is 9.91. The highest BCUT2D eigenvalue weighted by Gasteiger charge is 2.38. The number of carboxylic acids is 1. The smallest absolute Gasteiger partial charge is 0.341 e. The Kier molecular flexibility index (Phi) is 4.11. The molecule has 0 radical (unpaired) electrons. The van der Waals surface area contributed by atoms with Gasteiger partial charge in [-0.15, -0.1) is 0 Å². The van der Waals surface area contributed by atoms with Gasteiger partial charge in [-0.3, -0.25) is 4.79 Å². The number of anilines is 1. The van der Waals surface area contributed by atoms with Crippen molar-refractivity contribution in [1.29, 1.82) is 0 Å². The molecule has 0 bridgehead atoms. The van der Waals surface area contributed by atoms with Crippen LogP contribution in [0.4, 0.5) is 10.1 Å². The number of aromatic nitrogens is 2. The van der Waals surface area contributed by atoms with Crippen molar-refractivity contribution in [2.24, 2.45) is 0 Å². The lowest BCUT2D eigenvalue weighted by Gasteiger charge is -2.49. The molecule has 7 nitrogen and oxygen atoms in total. The number of nitrogens with one attached hydrogen (secondary N) is 1. The number of carbonyl (C=O) groups is 1. The monoisotopic (exact) mass is 384 g/mol. The molecule has 146 valence electrons. The van der Waals surface area contributed by atoms with Crippen LogP contribution < -0.4 is 15.6 Å². The van der Waals surface area contributed by atoms with E-state index in [4.69, 9.17) is 0 Å². The van der Waals surface area contributed by atoms with E-state index in [9.17, 15) is 19.1 Å². The van der Waals surface area contributed by atoms with Crippen LogP contribution in [0.2, 0.25) is 0 Å². The Labute approximate surface area is 160 Å². The molecule has 1 saturated heterocycles. The summed E-state index contributed by atoms with van der Waals surface area (Å²) in [4.78, 5) is 30.5. The first-order valence-corrected chi connectivity index (χ1v) is 9.11. The molecular weight excluding hydrogens is 363 g/mol. The molecule has 3 heterocycles. The molecule has 1 fully saturated rings. The molecule has 1 aliphatic heterocycles. The van der Waals surface area contributed by atoms with E-state index in [1.54, 1.807) is 10.6 Å². The summed E-state index contributed by atoms with van der Waals surface area (Å²) >= 11 is 0. The number of fused-ring (bicyclic) bond motifs is 2. The van der Waals surface area contributed by atoms with Gasteiger partial charge in [0.1, 0.15) is 17.0 Å². The number of pyridine rings is 2. The third kappa shape index (κ3) is 2.72. The summed E-state index contributed by atoms with van der Waals surface area (Å²) in [6.45, 7) is 5.74. The maximum atomic E-state index is 14.7. The van der Waals surface area contributed by atoms with Crippen molar-refractivity contribution in [2.45, 2.75) is 25.9 Å². The minimum absolute atomic E-state index is 0.0475. The highest BCUT2D eigenvalue weighted by atomic mass is 19.1. The van der Waals surface area contributed by atoms with Crippen molar-refractivity contribution >= 4 is 33.6 Å². The molecular formula is C20H21FN4O3. The van der Waals surface area contributed by atoms with Crippen LogP contribution in [0.1, 0.15) is 24.2 Å². The maximum absolute atomic E-state index is 14.7. The fraction of sp³-hybridized carbons (Fsp3) is 0.350. The van der Waals surface area contributed by atoms with Crippen molar-refractivity contribution in [2.75, 3.05) is 25.0 Å². The first kappa shape index (κ1) is 18.4. The first-order valence-electron chi connectivity index (χ1n) is 9.11. The van der Waals surface area contributed by atoms with Gasteiger partial charge in [0, 0.05) is 31.2 Å². The van der Waals surface area contributed by atoms with Crippen LogP contribution in [0.3, 0.4) is 0 Å². The van der Waals surface area contributed by atoms with Crippen LogP contribution in [0.15, 0.2) is 29.2 Å². The van der Waals surface area contributed by atoms with Gasteiger partial charge in [0.2, 0.25) is 5.43 Å². The van der Waals surface area contributed by atoms with Gasteiger partial charge in [0.15, 0.2) is 0 Å². The van der Waals surface area contributed by atoms with Crippen LogP contribution in [-0.4, -0.2) is 46.3 Å². The quantitative estimate of drug-likeness (QED) is 0.671. The van der Waals surface area contributed by atoms with E-state index in [2.05, 4.69) is 17.2 Å². The second-order valence-electron chi connectivity index (χ2n) is 7.49. The fourth-order valence-electron chi connectivity index (χ4n) is 3.74. The first-order chi connectivity index (χ1) is 13.3. The van der Waals surface area contributed by atoms with Crippen molar-refractivity contribution in [1.82, 2.24) is 14.9 Å². The number of benzene rings is 1.